The first kappa shape index (κ1) is 14.8. The number of nitrogens with two attached hydrogens (primary N) is 1. The fraction of sp³-hybridized carbons (Fsp3) is 0.200. The first-order valence-electron chi connectivity index (χ1n) is 7.29. The van der Waals surface area contributed by atoms with Gasteiger partial charge in [-0.05, 0) is 18.6 Å². The maximum atomic E-state index is 6.17. The molecule has 1 aromatic carbocycles. The van der Waals surface area contributed by atoms with Gasteiger partial charge in [0.2, 0.25) is 5.82 Å². The number of nitrogen functional groups attached to an aromatic ring is 1. The number of thioether (sulfide) groups is 1. The summed E-state index contributed by atoms with van der Waals surface area (Å²) in [6, 6.07) is 7.36. The highest BCUT2D eigenvalue weighted by Crippen LogP contribution is 2.33. The lowest BCUT2D eigenvalue weighted by Gasteiger charge is -2.05. The first-order chi connectivity index (χ1) is 11.8. The number of nitrogens with zero attached hydrogens (tertiary/aromatic N) is 5. The SMILES string of the molecule is COc1cccc(-n2nnc(-c3nc(C4=CCCS4)no3)c2N)c1. The Morgan fingerprint density at radius 1 is 1.38 bits per heavy atom. The van der Waals surface area contributed by atoms with Gasteiger partial charge in [-0.25, -0.2) is 0 Å². The summed E-state index contributed by atoms with van der Waals surface area (Å²) in [5.74, 6) is 2.88. The fourth-order valence-corrected chi connectivity index (χ4v) is 3.27. The molecule has 9 heteroatoms. The van der Waals surface area contributed by atoms with Crippen molar-refractivity contribution in [2.24, 2.45) is 0 Å². The molecule has 3 aromatic rings. The Bertz CT molecular complexity index is 916. The van der Waals surface area contributed by atoms with Gasteiger partial charge in [0.25, 0.3) is 5.89 Å². The zero-order valence-electron chi connectivity index (χ0n) is 12.8. The predicted octanol–water partition coefficient (Wildman–Crippen LogP) is 2.39. The second-order valence-corrected chi connectivity index (χ2v) is 6.20. The molecule has 2 aromatic heterocycles. The van der Waals surface area contributed by atoms with Crippen LogP contribution < -0.4 is 10.5 Å². The normalized spacial score (nSPS) is 14.0. The van der Waals surface area contributed by atoms with Crippen LogP contribution >= 0.6 is 11.8 Å². The molecule has 0 saturated heterocycles. The predicted molar refractivity (Wildman–Crippen MR) is 90.7 cm³/mol. The molecule has 0 fully saturated rings. The summed E-state index contributed by atoms with van der Waals surface area (Å²) in [7, 11) is 1.60. The summed E-state index contributed by atoms with van der Waals surface area (Å²) in [5.41, 5.74) is 7.27. The van der Waals surface area contributed by atoms with Crippen molar-refractivity contribution < 1.29 is 9.26 Å². The van der Waals surface area contributed by atoms with Crippen LogP contribution in [-0.2, 0) is 0 Å². The number of methoxy groups -OCH3 is 1. The van der Waals surface area contributed by atoms with Crippen LogP contribution in [0.1, 0.15) is 12.2 Å². The van der Waals surface area contributed by atoms with Crippen molar-refractivity contribution in [1.82, 2.24) is 25.1 Å². The van der Waals surface area contributed by atoms with Gasteiger partial charge in [-0.2, -0.15) is 9.67 Å². The van der Waals surface area contributed by atoms with E-state index in [1.165, 1.54) is 4.68 Å². The number of ether oxygens (including phenoxy) is 1. The fourth-order valence-electron chi connectivity index (χ4n) is 2.37. The molecule has 8 nitrogen and oxygen atoms in total. The average molecular weight is 342 g/mol. The van der Waals surface area contributed by atoms with Crippen LogP contribution in [0.2, 0.25) is 0 Å². The van der Waals surface area contributed by atoms with E-state index in [4.69, 9.17) is 15.0 Å². The van der Waals surface area contributed by atoms with Gasteiger partial charge in [-0.15, -0.1) is 16.9 Å². The van der Waals surface area contributed by atoms with E-state index in [1.54, 1.807) is 18.9 Å². The van der Waals surface area contributed by atoms with Gasteiger partial charge in [0.05, 0.1) is 17.7 Å². The van der Waals surface area contributed by atoms with Crippen molar-refractivity contribution in [3.8, 4) is 23.0 Å². The average Bonchev–Trinajstić information content (AvgIpc) is 3.34. The van der Waals surface area contributed by atoms with Crippen LogP contribution in [0.4, 0.5) is 5.82 Å². The Hall–Kier alpha value is -2.81. The summed E-state index contributed by atoms with van der Waals surface area (Å²) in [4.78, 5) is 5.39. The third-order valence-corrected chi connectivity index (χ3v) is 4.66. The molecule has 3 heterocycles. The van der Waals surface area contributed by atoms with Crippen molar-refractivity contribution in [1.29, 1.82) is 0 Å². The highest BCUT2D eigenvalue weighted by Gasteiger charge is 2.21. The van der Waals surface area contributed by atoms with E-state index in [-0.39, 0.29) is 5.89 Å². The lowest BCUT2D eigenvalue weighted by Crippen LogP contribution is -2.02. The molecule has 0 unspecified atom stereocenters. The number of aromatic nitrogens is 5. The van der Waals surface area contributed by atoms with Crippen LogP contribution in [0.3, 0.4) is 0 Å². The molecule has 0 atom stereocenters. The zero-order chi connectivity index (χ0) is 16.5. The van der Waals surface area contributed by atoms with Gasteiger partial charge in [0.1, 0.15) is 5.75 Å². The summed E-state index contributed by atoms with van der Waals surface area (Å²) >= 11 is 1.70. The molecular weight excluding hydrogens is 328 g/mol. The second kappa shape index (κ2) is 6.00. The monoisotopic (exact) mass is 342 g/mol. The Kier molecular flexibility index (Phi) is 3.69. The van der Waals surface area contributed by atoms with Gasteiger partial charge in [-0.3, -0.25) is 0 Å². The summed E-state index contributed by atoms with van der Waals surface area (Å²) in [6.07, 6.45) is 3.10. The van der Waals surface area contributed by atoms with E-state index in [9.17, 15) is 0 Å². The van der Waals surface area contributed by atoms with E-state index in [1.807, 2.05) is 24.3 Å². The zero-order valence-corrected chi connectivity index (χ0v) is 13.7. The molecular formula is C15H14N6O2S. The van der Waals surface area contributed by atoms with E-state index in [2.05, 4.69) is 26.5 Å². The van der Waals surface area contributed by atoms with Gasteiger partial charge < -0.3 is 15.0 Å². The molecule has 0 aliphatic carbocycles. The Morgan fingerprint density at radius 2 is 2.29 bits per heavy atom. The molecule has 122 valence electrons. The molecule has 24 heavy (non-hydrogen) atoms. The van der Waals surface area contributed by atoms with Crippen LogP contribution in [-0.4, -0.2) is 38.0 Å². The van der Waals surface area contributed by atoms with Gasteiger partial charge in [-0.1, -0.05) is 22.5 Å². The van der Waals surface area contributed by atoms with Crippen molar-refractivity contribution in [3.05, 3.63) is 36.2 Å². The van der Waals surface area contributed by atoms with Crippen molar-refractivity contribution in [2.45, 2.75) is 6.42 Å². The second-order valence-electron chi connectivity index (χ2n) is 5.07. The third kappa shape index (κ3) is 2.52. The molecule has 0 spiro atoms. The number of rotatable bonds is 4. The van der Waals surface area contributed by atoms with Gasteiger partial charge in [0, 0.05) is 11.8 Å². The quantitative estimate of drug-likeness (QED) is 0.770. The standard InChI is InChI=1S/C15H14N6O2S/c1-22-10-5-2-4-9(8-10)21-13(16)12(18-20-21)15-17-14(19-23-15)11-6-3-7-24-11/h2,4-6,8H,3,7,16H2,1H3. The molecule has 1 aliphatic rings. The maximum Gasteiger partial charge on any atom is 0.282 e. The topological polar surface area (TPSA) is 105 Å². The van der Waals surface area contributed by atoms with E-state index >= 15 is 0 Å². The Morgan fingerprint density at radius 3 is 3.08 bits per heavy atom. The third-order valence-electron chi connectivity index (χ3n) is 3.56. The van der Waals surface area contributed by atoms with Crippen LogP contribution in [0.15, 0.2) is 34.9 Å². The van der Waals surface area contributed by atoms with Gasteiger partial charge >= 0.3 is 0 Å². The number of allylic oxidation sites excluding steroid dienone is 1. The highest BCUT2D eigenvalue weighted by atomic mass is 32.2. The van der Waals surface area contributed by atoms with E-state index in [0.29, 0.717) is 23.1 Å². The minimum Gasteiger partial charge on any atom is -0.497 e. The Labute approximate surface area is 141 Å². The summed E-state index contributed by atoms with van der Waals surface area (Å²) < 4.78 is 12.0. The van der Waals surface area contributed by atoms with E-state index in [0.717, 1.165) is 22.8 Å². The number of anilines is 1. The minimum absolute atomic E-state index is 0.255. The molecule has 1 aliphatic heterocycles. The molecule has 0 bridgehead atoms. The Balaban J connectivity index is 1.69. The van der Waals surface area contributed by atoms with Crippen molar-refractivity contribution >= 4 is 22.5 Å². The molecule has 2 N–H and O–H groups in total. The lowest BCUT2D eigenvalue weighted by atomic mass is 10.3. The van der Waals surface area contributed by atoms with Crippen LogP contribution in [0.5, 0.6) is 5.75 Å². The number of benzene rings is 1. The summed E-state index contributed by atoms with van der Waals surface area (Å²) in [6.45, 7) is 0. The molecule has 0 saturated carbocycles. The highest BCUT2D eigenvalue weighted by molar-refractivity contribution is 8.08. The molecule has 0 amide bonds. The summed E-state index contributed by atoms with van der Waals surface area (Å²) in [5, 5.41) is 12.2. The van der Waals surface area contributed by atoms with Crippen molar-refractivity contribution in [2.75, 3.05) is 18.6 Å². The first-order valence-corrected chi connectivity index (χ1v) is 8.28. The van der Waals surface area contributed by atoms with Gasteiger partial charge in [0.15, 0.2) is 11.5 Å². The van der Waals surface area contributed by atoms with Crippen LogP contribution in [0, 0.1) is 0 Å². The molecule has 4 rings (SSSR count). The van der Waals surface area contributed by atoms with E-state index < -0.39 is 0 Å². The number of hydrogen-bond donors (Lipinski definition) is 1. The smallest absolute Gasteiger partial charge is 0.282 e. The van der Waals surface area contributed by atoms with Crippen LogP contribution in [0.25, 0.3) is 22.2 Å². The van der Waals surface area contributed by atoms with Crippen molar-refractivity contribution in [3.63, 3.8) is 0 Å². The lowest BCUT2D eigenvalue weighted by molar-refractivity contribution is 0.414. The maximum absolute atomic E-state index is 6.17. The number of hydrogen-bond acceptors (Lipinski definition) is 8. The molecule has 0 radical (unpaired) electrons. The minimum atomic E-state index is 0.255. The largest absolute Gasteiger partial charge is 0.497 e.